The molecular formula is C17H19NO4. The van der Waals surface area contributed by atoms with Crippen molar-refractivity contribution >= 4 is 11.6 Å². The molecule has 0 saturated heterocycles. The zero-order valence-corrected chi connectivity index (χ0v) is 13.1. The van der Waals surface area contributed by atoms with Crippen LogP contribution < -0.4 is 19.5 Å². The topological polar surface area (TPSA) is 56.8 Å². The first-order chi connectivity index (χ1) is 10.6. The Labute approximate surface area is 129 Å². The van der Waals surface area contributed by atoms with Gasteiger partial charge in [-0.15, -0.1) is 0 Å². The number of ether oxygens (including phenoxy) is 3. The molecule has 0 unspecified atom stereocenters. The zero-order valence-electron chi connectivity index (χ0n) is 13.1. The van der Waals surface area contributed by atoms with Gasteiger partial charge in [-0.1, -0.05) is 6.07 Å². The van der Waals surface area contributed by atoms with Crippen LogP contribution >= 0.6 is 0 Å². The van der Waals surface area contributed by atoms with Crippen LogP contribution in [0.15, 0.2) is 36.4 Å². The molecule has 1 N–H and O–H groups in total. The summed E-state index contributed by atoms with van der Waals surface area (Å²) in [5.41, 5.74) is 2.06. The van der Waals surface area contributed by atoms with Crippen LogP contribution in [0.2, 0.25) is 0 Å². The van der Waals surface area contributed by atoms with Gasteiger partial charge >= 0.3 is 0 Å². The molecule has 2 aromatic rings. The van der Waals surface area contributed by atoms with E-state index in [9.17, 15) is 4.79 Å². The molecule has 116 valence electrons. The fourth-order valence-electron chi connectivity index (χ4n) is 2.06. The summed E-state index contributed by atoms with van der Waals surface area (Å²) in [5.74, 6) is 1.63. The minimum atomic E-state index is -0.234. The molecule has 0 fully saturated rings. The van der Waals surface area contributed by atoms with Crippen molar-refractivity contribution in [3.63, 3.8) is 0 Å². The van der Waals surface area contributed by atoms with Gasteiger partial charge in [-0.2, -0.15) is 0 Å². The van der Waals surface area contributed by atoms with E-state index in [1.54, 1.807) is 51.7 Å². The van der Waals surface area contributed by atoms with Gasteiger partial charge in [-0.05, 0) is 36.8 Å². The minimum Gasteiger partial charge on any atom is -0.497 e. The summed E-state index contributed by atoms with van der Waals surface area (Å²) in [5, 5.41) is 2.82. The lowest BCUT2D eigenvalue weighted by Crippen LogP contribution is -2.13. The van der Waals surface area contributed by atoms with Crippen molar-refractivity contribution in [3.8, 4) is 17.2 Å². The molecular weight excluding hydrogens is 282 g/mol. The summed E-state index contributed by atoms with van der Waals surface area (Å²) >= 11 is 0. The third kappa shape index (κ3) is 3.31. The third-order valence-corrected chi connectivity index (χ3v) is 3.33. The van der Waals surface area contributed by atoms with Gasteiger partial charge in [0, 0.05) is 11.6 Å². The lowest BCUT2D eigenvalue weighted by Gasteiger charge is -2.12. The monoisotopic (exact) mass is 301 g/mol. The van der Waals surface area contributed by atoms with E-state index in [-0.39, 0.29) is 5.91 Å². The number of hydrogen-bond donors (Lipinski definition) is 1. The smallest absolute Gasteiger partial charge is 0.255 e. The minimum absolute atomic E-state index is 0.234. The number of rotatable bonds is 5. The maximum Gasteiger partial charge on any atom is 0.255 e. The number of carbonyl (C=O) groups is 1. The Kier molecular flexibility index (Phi) is 4.88. The summed E-state index contributed by atoms with van der Waals surface area (Å²) in [4.78, 5) is 12.4. The summed E-state index contributed by atoms with van der Waals surface area (Å²) in [6.45, 7) is 1.92. The molecule has 2 rings (SSSR count). The first-order valence-electron chi connectivity index (χ1n) is 6.77. The first kappa shape index (κ1) is 15.7. The van der Waals surface area contributed by atoms with Gasteiger partial charge in [0.2, 0.25) is 0 Å². The summed E-state index contributed by atoms with van der Waals surface area (Å²) in [7, 11) is 4.70. The van der Waals surface area contributed by atoms with Gasteiger partial charge in [-0.25, -0.2) is 0 Å². The van der Waals surface area contributed by atoms with Crippen LogP contribution in [0.3, 0.4) is 0 Å². The quantitative estimate of drug-likeness (QED) is 0.921. The van der Waals surface area contributed by atoms with Crippen LogP contribution in [-0.2, 0) is 0 Å². The first-order valence-corrected chi connectivity index (χ1v) is 6.77. The van der Waals surface area contributed by atoms with E-state index >= 15 is 0 Å². The second kappa shape index (κ2) is 6.85. The second-order valence-corrected chi connectivity index (χ2v) is 4.70. The molecule has 2 aromatic carbocycles. The number of amides is 1. The van der Waals surface area contributed by atoms with E-state index in [1.165, 1.54) is 0 Å². The van der Waals surface area contributed by atoms with Crippen molar-refractivity contribution in [2.75, 3.05) is 26.6 Å². The van der Waals surface area contributed by atoms with Gasteiger partial charge in [0.15, 0.2) is 0 Å². The van der Waals surface area contributed by atoms with Crippen LogP contribution in [0.4, 0.5) is 5.69 Å². The molecule has 0 radical (unpaired) electrons. The van der Waals surface area contributed by atoms with Crippen molar-refractivity contribution in [2.45, 2.75) is 6.92 Å². The van der Waals surface area contributed by atoms with E-state index in [1.807, 2.05) is 13.0 Å². The Bertz CT molecular complexity index is 682. The van der Waals surface area contributed by atoms with E-state index in [4.69, 9.17) is 14.2 Å². The molecule has 0 heterocycles. The standard InChI is InChI=1S/C17H19NO4/c1-11-5-6-12(9-15(11)21-3)17(19)18-14-8-7-13(20-2)10-16(14)22-4/h5-10H,1-4H3,(H,18,19). The summed E-state index contributed by atoms with van der Waals surface area (Å²) in [6.07, 6.45) is 0. The van der Waals surface area contributed by atoms with Gasteiger partial charge in [0.1, 0.15) is 17.2 Å². The van der Waals surface area contributed by atoms with Gasteiger partial charge in [0.05, 0.1) is 27.0 Å². The predicted molar refractivity (Wildman–Crippen MR) is 85.2 cm³/mol. The van der Waals surface area contributed by atoms with E-state index < -0.39 is 0 Å². The molecule has 5 heteroatoms. The largest absolute Gasteiger partial charge is 0.497 e. The van der Waals surface area contributed by atoms with Gasteiger partial charge in [-0.3, -0.25) is 4.79 Å². The Balaban J connectivity index is 2.25. The molecule has 0 aliphatic heterocycles. The number of anilines is 1. The Morgan fingerprint density at radius 1 is 0.909 bits per heavy atom. The number of aryl methyl sites for hydroxylation is 1. The number of hydrogen-bond acceptors (Lipinski definition) is 4. The number of methoxy groups -OCH3 is 3. The highest BCUT2D eigenvalue weighted by Gasteiger charge is 2.12. The SMILES string of the molecule is COc1ccc(NC(=O)c2ccc(C)c(OC)c2)c(OC)c1. The summed E-state index contributed by atoms with van der Waals surface area (Å²) < 4.78 is 15.6. The molecule has 0 aromatic heterocycles. The molecule has 22 heavy (non-hydrogen) atoms. The number of carbonyl (C=O) groups excluding carboxylic acids is 1. The maximum atomic E-state index is 12.4. The Hall–Kier alpha value is -2.69. The van der Waals surface area contributed by atoms with Crippen LogP contribution in [-0.4, -0.2) is 27.2 Å². The highest BCUT2D eigenvalue weighted by Crippen LogP contribution is 2.29. The van der Waals surface area contributed by atoms with Crippen molar-refractivity contribution in [3.05, 3.63) is 47.5 Å². The maximum absolute atomic E-state index is 12.4. The molecule has 0 aliphatic carbocycles. The van der Waals surface area contributed by atoms with Gasteiger partial charge in [0.25, 0.3) is 5.91 Å². The molecule has 0 saturated carbocycles. The lowest BCUT2D eigenvalue weighted by atomic mass is 10.1. The molecule has 5 nitrogen and oxygen atoms in total. The highest BCUT2D eigenvalue weighted by atomic mass is 16.5. The third-order valence-electron chi connectivity index (χ3n) is 3.33. The average molecular weight is 301 g/mol. The molecule has 0 spiro atoms. The Morgan fingerprint density at radius 2 is 1.64 bits per heavy atom. The molecule has 0 bridgehead atoms. The van der Waals surface area contributed by atoms with Crippen LogP contribution in [0.25, 0.3) is 0 Å². The van der Waals surface area contributed by atoms with Crippen LogP contribution in [0.5, 0.6) is 17.2 Å². The van der Waals surface area contributed by atoms with Crippen molar-refractivity contribution in [2.24, 2.45) is 0 Å². The lowest BCUT2D eigenvalue weighted by molar-refractivity contribution is 0.102. The van der Waals surface area contributed by atoms with E-state index in [0.717, 1.165) is 5.56 Å². The van der Waals surface area contributed by atoms with Gasteiger partial charge < -0.3 is 19.5 Å². The van der Waals surface area contributed by atoms with Crippen molar-refractivity contribution < 1.29 is 19.0 Å². The van der Waals surface area contributed by atoms with Crippen molar-refractivity contribution in [1.82, 2.24) is 0 Å². The second-order valence-electron chi connectivity index (χ2n) is 4.70. The van der Waals surface area contributed by atoms with E-state index in [0.29, 0.717) is 28.5 Å². The predicted octanol–water partition coefficient (Wildman–Crippen LogP) is 3.27. The number of benzene rings is 2. The zero-order chi connectivity index (χ0) is 16.1. The molecule has 1 amide bonds. The molecule has 0 atom stereocenters. The van der Waals surface area contributed by atoms with Crippen LogP contribution in [0, 0.1) is 6.92 Å². The van der Waals surface area contributed by atoms with Crippen molar-refractivity contribution in [1.29, 1.82) is 0 Å². The van der Waals surface area contributed by atoms with E-state index in [2.05, 4.69) is 5.32 Å². The average Bonchev–Trinajstić information content (AvgIpc) is 2.55. The Morgan fingerprint density at radius 3 is 2.27 bits per heavy atom. The normalized spacial score (nSPS) is 10.0. The fraction of sp³-hybridized carbons (Fsp3) is 0.235. The number of nitrogens with one attached hydrogen (secondary N) is 1. The fourth-order valence-corrected chi connectivity index (χ4v) is 2.06. The molecule has 0 aliphatic rings. The highest BCUT2D eigenvalue weighted by molar-refractivity contribution is 6.05. The summed E-state index contributed by atoms with van der Waals surface area (Å²) in [6, 6.07) is 10.5. The van der Waals surface area contributed by atoms with Crippen LogP contribution in [0.1, 0.15) is 15.9 Å².